The predicted molar refractivity (Wildman–Crippen MR) is 120 cm³/mol. The Labute approximate surface area is 183 Å². The number of carbonyl (C=O) groups excluding carboxylic acids is 2. The van der Waals surface area contributed by atoms with Gasteiger partial charge in [-0.1, -0.05) is 11.6 Å². The number of thiophene rings is 1. The van der Waals surface area contributed by atoms with Crippen LogP contribution in [-0.2, 0) is 4.79 Å². The zero-order valence-electron chi connectivity index (χ0n) is 16.8. The van der Waals surface area contributed by atoms with E-state index in [1.54, 1.807) is 23.1 Å². The second kappa shape index (κ2) is 7.32. The number of halogens is 1. The third-order valence-electron chi connectivity index (χ3n) is 5.71. The monoisotopic (exact) mass is 440 g/mol. The first kappa shape index (κ1) is 19.5. The van der Waals surface area contributed by atoms with Crippen molar-refractivity contribution in [3.05, 3.63) is 45.2 Å². The van der Waals surface area contributed by atoms with Gasteiger partial charge in [-0.15, -0.1) is 11.3 Å². The average Bonchev–Trinajstić information content (AvgIpc) is 3.39. The van der Waals surface area contributed by atoms with Crippen molar-refractivity contribution in [1.29, 1.82) is 0 Å². The van der Waals surface area contributed by atoms with Crippen LogP contribution in [0.25, 0.3) is 10.2 Å². The van der Waals surface area contributed by atoms with Gasteiger partial charge >= 0.3 is 0 Å². The Morgan fingerprint density at radius 2 is 2.07 bits per heavy atom. The Bertz CT molecular complexity index is 1200. The fraction of sp³-hybridized carbons (Fsp3) is 0.364. The molecule has 1 aliphatic heterocycles. The van der Waals surface area contributed by atoms with Crippen molar-refractivity contribution in [2.45, 2.75) is 45.4 Å². The molecule has 0 radical (unpaired) electrons. The largest absolute Gasteiger partial charge is 0.321 e. The van der Waals surface area contributed by atoms with Crippen LogP contribution in [0.5, 0.6) is 0 Å². The first-order chi connectivity index (χ1) is 14.4. The fourth-order valence-corrected chi connectivity index (χ4v) is 5.41. The van der Waals surface area contributed by atoms with Gasteiger partial charge in [0.05, 0.1) is 21.3 Å². The van der Waals surface area contributed by atoms with E-state index in [1.807, 2.05) is 13.8 Å². The normalized spacial score (nSPS) is 16.5. The lowest BCUT2D eigenvalue weighted by atomic mass is 10.1. The summed E-state index contributed by atoms with van der Waals surface area (Å²) < 4.78 is 0. The third-order valence-corrected chi connectivity index (χ3v) is 7.19. The average molecular weight is 441 g/mol. The molecule has 5 rings (SSSR count). The molecule has 1 saturated carbocycles. The highest BCUT2D eigenvalue weighted by Gasteiger charge is 2.29. The van der Waals surface area contributed by atoms with Gasteiger partial charge in [0.25, 0.3) is 5.91 Å². The van der Waals surface area contributed by atoms with E-state index < -0.39 is 0 Å². The Morgan fingerprint density at radius 3 is 2.73 bits per heavy atom. The minimum absolute atomic E-state index is 0.0802. The molecule has 2 aromatic heterocycles. The Balaban J connectivity index is 1.42. The van der Waals surface area contributed by atoms with Crippen LogP contribution in [-0.4, -0.2) is 28.3 Å². The van der Waals surface area contributed by atoms with Gasteiger partial charge in [0.1, 0.15) is 10.7 Å². The van der Waals surface area contributed by atoms with Crippen LogP contribution in [0.4, 0.5) is 11.4 Å². The Hall–Kier alpha value is -2.51. The predicted octanol–water partition coefficient (Wildman–Crippen LogP) is 5.22. The summed E-state index contributed by atoms with van der Waals surface area (Å²) in [5, 5.41) is 4.35. The number of benzene rings is 1. The number of hydrogen-bond donors (Lipinski definition) is 1. The van der Waals surface area contributed by atoms with Crippen LogP contribution >= 0.6 is 22.9 Å². The van der Waals surface area contributed by atoms with Crippen molar-refractivity contribution in [2.24, 2.45) is 0 Å². The van der Waals surface area contributed by atoms with Crippen molar-refractivity contribution in [3.8, 4) is 0 Å². The van der Waals surface area contributed by atoms with Crippen LogP contribution in [0, 0.1) is 13.8 Å². The number of aryl methyl sites for hydroxylation is 2. The molecule has 3 aromatic rings. The molecule has 0 atom stereocenters. The molecule has 6 nitrogen and oxygen atoms in total. The van der Waals surface area contributed by atoms with Crippen molar-refractivity contribution < 1.29 is 9.59 Å². The highest BCUT2D eigenvalue weighted by atomic mass is 35.5. The molecule has 30 heavy (non-hydrogen) atoms. The molecule has 1 aromatic carbocycles. The number of aromatic nitrogens is 2. The van der Waals surface area contributed by atoms with Gasteiger partial charge in [-0.25, -0.2) is 9.97 Å². The molecule has 8 heteroatoms. The molecule has 3 heterocycles. The number of fused-ring (bicyclic) bond motifs is 1. The number of nitrogens with one attached hydrogen (secondary N) is 1. The molecule has 1 N–H and O–H groups in total. The molecule has 2 aliphatic rings. The van der Waals surface area contributed by atoms with Gasteiger partial charge in [-0.2, -0.15) is 0 Å². The van der Waals surface area contributed by atoms with E-state index in [-0.39, 0.29) is 11.8 Å². The maximum absolute atomic E-state index is 13.0. The lowest BCUT2D eigenvalue weighted by Crippen LogP contribution is -2.24. The minimum atomic E-state index is -0.191. The molecule has 1 aliphatic carbocycles. The summed E-state index contributed by atoms with van der Waals surface area (Å²) in [7, 11) is 0. The summed E-state index contributed by atoms with van der Waals surface area (Å²) >= 11 is 7.82. The number of carbonyl (C=O) groups is 2. The van der Waals surface area contributed by atoms with Gasteiger partial charge in [0.15, 0.2) is 0 Å². The quantitative estimate of drug-likeness (QED) is 0.603. The van der Waals surface area contributed by atoms with Crippen molar-refractivity contribution in [2.75, 3.05) is 16.8 Å². The first-order valence-corrected chi connectivity index (χ1v) is 11.3. The summed E-state index contributed by atoms with van der Waals surface area (Å²) in [4.78, 5) is 37.5. The summed E-state index contributed by atoms with van der Waals surface area (Å²) in [5.74, 6) is 1.25. The molecular formula is C22H21ClN4O2S. The number of amides is 2. The number of anilines is 2. The van der Waals surface area contributed by atoms with Gasteiger partial charge in [-0.3, -0.25) is 9.59 Å². The number of nitrogens with zero attached hydrogens (tertiary/aromatic N) is 3. The lowest BCUT2D eigenvalue weighted by Gasteiger charge is -2.18. The van der Waals surface area contributed by atoms with Crippen LogP contribution in [0.15, 0.2) is 18.2 Å². The van der Waals surface area contributed by atoms with Crippen LogP contribution in [0.3, 0.4) is 0 Å². The van der Waals surface area contributed by atoms with Gasteiger partial charge < -0.3 is 10.2 Å². The summed E-state index contributed by atoms with van der Waals surface area (Å²) in [6.07, 6.45) is 3.67. The van der Waals surface area contributed by atoms with Crippen molar-refractivity contribution in [3.63, 3.8) is 0 Å². The Kier molecular flexibility index (Phi) is 4.75. The molecule has 1 saturated heterocycles. The molecular weight excluding hydrogens is 420 g/mol. The van der Waals surface area contributed by atoms with E-state index in [0.29, 0.717) is 40.2 Å². The molecule has 2 amide bonds. The number of rotatable bonds is 4. The van der Waals surface area contributed by atoms with Gasteiger partial charge in [0, 0.05) is 30.0 Å². The second-order valence-corrected chi connectivity index (χ2v) is 9.35. The standard InChI is InChI=1S/C22H21ClN4O2S/c1-11-18-12(2)24-20(13-5-6-13)26-22(18)30-19(11)21(29)25-14-7-8-16(15(23)10-14)27-9-3-4-17(27)28/h7-8,10,13H,3-6,9H2,1-2H3,(H,25,29). The second-order valence-electron chi connectivity index (χ2n) is 7.95. The van der Waals surface area contributed by atoms with E-state index in [2.05, 4.69) is 10.3 Å². The van der Waals surface area contributed by atoms with Gasteiger partial charge in [-0.05, 0) is 56.9 Å². The van der Waals surface area contributed by atoms with E-state index in [9.17, 15) is 9.59 Å². The smallest absolute Gasteiger partial charge is 0.266 e. The van der Waals surface area contributed by atoms with Crippen LogP contribution in [0.1, 0.15) is 58.4 Å². The van der Waals surface area contributed by atoms with Gasteiger partial charge in [0.2, 0.25) is 5.91 Å². The van der Waals surface area contributed by atoms with Crippen LogP contribution in [0.2, 0.25) is 5.02 Å². The molecule has 2 fully saturated rings. The highest BCUT2D eigenvalue weighted by molar-refractivity contribution is 7.20. The van der Waals surface area contributed by atoms with E-state index in [4.69, 9.17) is 16.6 Å². The summed E-state index contributed by atoms with van der Waals surface area (Å²) in [5.41, 5.74) is 3.11. The van der Waals surface area contributed by atoms with E-state index in [0.717, 1.165) is 46.6 Å². The minimum Gasteiger partial charge on any atom is -0.321 e. The maximum atomic E-state index is 13.0. The molecule has 154 valence electrons. The lowest BCUT2D eigenvalue weighted by molar-refractivity contribution is -0.117. The topological polar surface area (TPSA) is 75.2 Å². The fourth-order valence-electron chi connectivity index (χ4n) is 3.99. The number of hydrogen-bond acceptors (Lipinski definition) is 5. The zero-order valence-corrected chi connectivity index (χ0v) is 18.4. The third kappa shape index (κ3) is 3.36. The molecule has 0 unspecified atom stereocenters. The SMILES string of the molecule is Cc1nc(C2CC2)nc2sc(C(=O)Nc3ccc(N4CCCC4=O)c(Cl)c3)c(C)c12. The summed E-state index contributed by atoms with van der Waals surface area (Å²) in [6, 6.07) is 5.26. The van der Waals surface area contributed by atoms with Crippen molar-refractivity contribution in [1.82, 2.24) is 9.97 Å². The molecule has 0 spiro atoms. The van der Waals surface area contributed by atoms with E-state index in [1.165, 1.54) is 11.3 Å². The highest BCUT2D eigenvalue weighted by Crippen LogP contribution is 2.40. The first-order valence-electron chi connectivity index (χ1n) is 10.1. The maximum Gasteiger partial charge on any atom is 0.266 e. The molecule has 0 bridgehead atoms. The zero-order chi connectivity index (χ0) is 21.0. The van der Waals surface area contributed by atoms with Crippen molar-refractivity contribution >= 4 is 56.3 Å². The summed E-state index contributed by atoms with van der Waals surface area (Å²) in [6.45, 7) is 4.60. The van der Waals surface area contributed by atoms with E-state index >= 15 is 0 Å². The van der Waals surface area contributed by atoms with Crippen LogP contribution < -0.4 is 10.2 Å². The Morgan fingerprint density at radius 1 is 1.27 bits per heavy atom.